The lowest BCUT2D eigenvalue weighted by molar-refractivity contribution is 0.0938. The van der Waals surface area contributed by atoms with Crippen molar-refractivity contribution < 1.29 is 9.59 Å². The predicted octanol–water partition coefficient (Wildman–Crippen LogP) is 2.94. The minimum Gasteiger partial charge on any atom is -0.350 e. The minimum atomic E-state index is -0.239. The van der Waals surface area contributed by atoms with E-state index in [0.29, 0.717) is 21.8 Å². The smallest absolute Gasteiger partial charge is 0.269 e. The Morgan fingerprint density at radius 2 is 2.00 bits per heavy atom. The Balaban J connectivity index is 2.12. The van der Waals surface area contributed by atoms with Gasteiger partial charge in [-0.2, -0.15) is 0 Å². The minimum absolute atomic E-state index is 0.108. The second-order valence-corrected chi connectivity index (χ2v) is 6.21. The fourth-order valence-corrected chi connectivity index (χ4v) is 2.52. The van der Waals surface area contributed by atoms with Crippen LogP contribution in [0.25, 0.3) is 0 Å². The van der Waals surface area contributed by atoms with Gasteiger partial charge in [0.1, 0.15) is 4.88 Å². The lowest BCUT2D eigenvalue weighted by Gasteiger charge is -2.13. The first-order valence-corrected chi connectivity index (χ1v) is 8.21. The summed E-state index contributed by atoms with van der Waals surface area (Å²) in [6.45, 7) is 7.58. The molecular formula is C16H20N4O2S. The van der Waals surface area contributed by atoms with Crippen LogP contribution in [0.3, 0.4) is 0 Å². The third-order valence-corrected chi connectivity index (χ3v) is 4.41. The van der Waals surface area contributed by atoms with Crippen LogP contribution in [0.2, 0.25) is 0 Å². The number of carbonyl (C=O) groups excluding carboxylic acids is 2. The number of anilines is 1. The van der Waals surface area contributed by atoms with Crippen molar-refractivity contribution in [2.45, 2.75) is 40.2 Å². The van der Waals surface area contributed by atoms with Crippen LogP contribution >= 0.6 is 11.5 Å². The highest BCUT2D eigenvalue weighted by molar-refractivity contribution is 7.08. The predicted molar refractivity (Wildman–Crippen MR) is 91.0 cm³/mol. The fourth-order valence-electron chi connectivity index (χ4n) is 1.97. The molecule has 7 heteroatoms. The molecule has 1 aromatic carbocycles. The molecule has 1 atom stereocenters. The molecule has 1 aromatic heterocycles. The van der Waals surface area contributed by atoms with Crippen molar-refractivity contribution in [1.82, 2.24) is 14.9 Å². The highest BCUT2D eigenvalue weighted by Gasteiger charge is 2.15. The van der Waals surface area contributed by atoms with E-state index in [4.69, 9.17) is 0 Å². The van der Waals surface area contributed by atoms with E-state index in [9.17, 15) is 9.59 Å². The van der Waals surface area contributed by atoms with E-state index in [2.05, 4.69) is 20.2 Å². The lowest BCUT2D eigenvalue weighted by Crippen LogP contribution is -2.31. The topological polar surface area (TPSA) is 84.0 Å². The van der Waals surface area contributed by atoms with Gasteiger partial charge in [0.25, 0.3) is 11.8 Å². The Morgan fingerprint density at radius 3 is 2.57 bits per heavy atom. The average Bonchev–Trinajstić information content (AvgIpc) is 2.95. The molecule has 0 aliphatic rings. The zero-order valence-corrected chi connectivity index (χ0v) is 14.5. The van der Waals surface area contributed by atoms with Crippen LogP contribution in [0.4, 0.5) is 5.69 Å². The highest BCUT2D eigenvalue weighted by atomic mass is 32.1. The van der Waals surface area contributed by atoms with E-state index in [1.165, 1.54) is 0 Å². The zero-order valence-electron chi connectivity index (χ0n) is 13.6. The highest BCUT2D eigenvalue weighted by Crippen LogP contribution is 2.19. The second-order valence-electron chi connectivity index (χ2n) is 5.45. The maximum absolute atomic E-state index is 12.2. The van der Waals surface area contributed by atoms with Gasteiger partial charge in [0.15, 0.2) is 0 Å². The molecular weight excluding hydrogens is 312 g/mol. The van der Waals surface area contributed by atoms with E-state index in [1.54, 1.807) is 25.1 Å². The standard InChI is InChI=1S/C16H20N4O2S/c1-5-10(3)17-15(21)12-6-7-13(9(2)8-12)18-16(22)14-11(4)19-20-23-14/h6-8,10H,5H2,1-4H3,(H,17,21)(H,18,22). The maximum atomic E-state index is 12.2. The molecule has 1 heterocycles. The number of aromatic nitrogens is 2. The summed E-state index contributed by atoms with van der Waals surface area (Å²) in [6.07, 6.45) is 0.876. The van der Waals surface area contributed by atoms with E-state index in [-0.39, 0.29) is 17.9 Å². The van der Waals surface area contributed by atoms with Crippen molar-refractivity contribution in [3.05, 3.63) is 39.9 Å². The SMILES string of the molecule is CCC(C)NC(=O)c1ccc(NC(=O)c2snnc2C)c(C)c1. The monoisotopic (exact) mass is 332 g/mol. The van der Waals surface area contributed by atoms with Gasteiger partial charge in [0.05, 0.1) is 5.69 Å². The average molecular weight is 332 g/mol. The van der Waals surface area contributed by atoms with Crippen molar-refractivity contribution in [3.8, 4) is 0 Å². The van der Waals surface area contributed by atoms with Crippen molar-refractivity contribution in [1.29, 1.82) is 0 Å². The first-order chi connectivity index (χ1) is 10.9. The molecule has 0 fully saturated rings. The number of carbonyl (C=O) groups is 2. The van der Waals surface area contributed by atoms with Gasteiger partial charge in [-0.25, -0.2) is 0 Å². The summed E-state index contributed by atoms with van der Waals surface area (Å²) in [5.41, 5.74) is 2.68. The molecule has 0 spiro atoms. The summed E-state index contributed by atoms with van der Waals surface area (Å²) in [6, 6.07) is 5.34. The first kappa shape index (κ1) is 17.1. The summed E-state index contributed by atoms with van der Waals surface area (Å²) in [5, 5.41) is 9.58. The molecule has 122 valence electrons. The molecule has 0 saturated carbocycles. The van der Waals surface area contributed by atoms with Gasteiger partial charge in [-0.3, -0.25) is 9.59 Å². The van der Waals surface area contributed by atoms with Gasteiger partial charge in [-0.15, -0.1) is 5.10 Å². The van der Waals surface area contributed by atoms with Gasteiger partial charge >= 0.3 is 0 Å². The Morgan fingerprint density at radius 1 is 1.26 bits per heavy atom. The Bertz CT molecular complexity index is 727. The third-order valence-electron chi connectivity index (χ3n) is 3.58. The number of amides is 2. The van der Waals surface area contributed by atoms with Crippen molar-refractivity contribution in [2.75, 3.05) is 5.32 Å². The molecule has 2 amide bonds. The van der Waals surface area contributed by atoms with Crippen LogP contribution in [0.15, 0.2) is 18.2 Å². The third kappa shape index (κ3) is 4.13. The van der Waals surface area contributed by atoms with Crippen LogP contribution in [-0.4, -0.2) is 27.4 Å². The molecule has 2 aromatic rings. The number of benzene rings is 1. The number of hydrogen-bond acceptors (Lipinski definition) is 5. The Hall–Kier alpha value is -2.28. The van der Waals surface area contributed by atoms with Crippen LogP contribution in [0.1, 0.15) is 51.6 Å². The van der Waals surface area contributed by atoms with E-state index in [1.807, 2.05) is 20.8 Å². The van der Waals surface area contributed by atoms with Gasteiger partial charge in [-0.1, -0.05) is 11.4 Å². The fraction of sp³-hybridized carbons (Fsp3) is 0.375. The van der Waals surface area contributed by atoms with Crippen LogP contribution < -0.4 is 10.6 Å². The molecule has 23 heavy (non-hydrogen) atoms. The molecule has 0 aliphatic carbocycles. The van der Waals surface area contributed by atoms with Gasteiger partial charge in [-0.05, 0) is 62.5 Å². The molecule has 2 rings (SSSR count). The van der Waals surface area contributed by atoms with Crippen LogP contribution in [0, 0.1) is 13.8 Å². The zero-order chi connectivity index (χ0) is 17.0. The first-order valence-electron chi connectivity index (χ1n) is 7.44. The van der Waals surface area contributed by atoms with Crippen LogP contribution in [-0.2, 0) is 0 Å². The van der Waals surface area contributed by atoms with E-state index >= 15 is 0 Å². The van der Waals surface area contributed by atoms with E-state index in [0.717, 1.165) is 23.5 Å². The summed E-state index contributed by atoms with van der Waals surface area (Å²) >= 11 is 1.06. The lowest BCUT2D eigenvalue weighted by atomic mass is 10.1. The number of rotatable bonds is 5. The molecule has 0 saturated heterocycles. The molecule has 6 nitrogen and oxygen atoms in total. The molecule has 0 aliphatic heterocycles. The number of nitrogens with zero attached hydrogens (tertiary/aromatic N) is 2. The number of nitrogens with one attached hydrogen (secondary N) is 2. The summed E-state index contributed by atoms with van der Waals surface area (Å²) in [4.78, 5) is 24.8. The summed E-state index contributed by atoms with van der Waals surface area (Å²) in [5.74, 6) is -0.347. The Kier molecular flexibility index (Phi) is 5.44. The van der Waals surface area contributed by atoms with Crippen LogP contribution in [0.5, 0.6) is 0 Å². The van der Waals surface area contributed by atoms with Gasteiger partial charge in [0, 0.05) is 17.3 Å². The second kappa shape index (κ2) is 7.32. The number of hydrogen-bond donors (Lipinski definition) is 2. The molecule has 2 N–H and O–H groups in total. The van der Waals surface area contributed by atoms with Crippen molar-refractivity contribution in [3.63, 3.8) is 0 Å². The van der Waals surface area contributed by atoms with Gasteiger partial charge < -0.3 is 10.6 Å². The molecule has 1 unspecified atom stereocenters. The summed E-state index contributed by atoms with van der Waals surface area (Å²) in [7, 11) is 0. The normalized spacial score (nSPS) is 11.8. The quantitative estimate of drug-likeness (QED) is 0.882. The largest absolute Gasteiger partial charge is 0.350 e. The number of aryl methyl sites for hydroxylation is 2. The van der Waals surface area contributed by atoms with E-state index < -0.39 is 0 Å². The van der Waals surface area contributed by atoms with Gasteiger partial charge in [0.2, 0.25) is 0 Å². The maximum Gasteiger partial charge on any atom is 0.269 e. The summed E-state index contributed by atoms with van der Waals surface area (Å²) < 4.78 is 3.76. The molecule has 0 bridgehead atoms. The molecule has 0 radical (unpaired) electrons. The Labute approximate surface area is 139 Å². The van der Waals surface area contributed by atoms with Crippen molar-refractivity contribution >= 4 is 29.0 Å². The van der Waals surface area contributed by atoms with Crippen molar-refractivity contribution in [2.24, 2.45) is 0 Å².